The maximum absolute atomic E-state index is 12.6. The Kier molecular flexibility index (Phi) is 3.91. The summed E-state index contributed by atoms with van der Waals surface area (Å²) in [5, 5.41) is 7.41. The molecule has 1 saturated heterocycles. The highest BCUT2D eigenvalue weighted by atomic mass is 16.1. The minimum atomic E-state index is -0.0365. The van der Waals surface area contributed by atoms with Crippen molar-refractivity contribution in [2.45, 2.75) is 18.9 Å². The zero-order valence-electron chi connectivity index (χ0n) is 14.5. The van der Waals surface area contributed by atoms with Crippen LogP contribution in [0.25, 0.3) is 11.0 Å². The molecule has 25 heavy (non-hydrogen) atoms. The normalized spacial score (nSPS) is 17.8. The van der Waals surface area contributed by atoms with Crippen molar-refractivity contribution in [1.82, 2.24) is 24.6 Å². The van der Waals surface area contributed by atoms with Gasteiger partial charge in [-0.2, -0.15) is 5.10 Å². The van der Waals surface area contributed by atoms with Crippen molar-refractivity contribution < 1.29 is 4.79 Å². The van der Waals surface area contributed by atoms with Gasteiger partial charge in [0.15, 0.2) is 0 Å². The maximum Gasteiger partial charge on any atom is 0.251 e. The number of imidazole rings is 1. The summed E-state index contributed by atoms with van der Waals surface area (Å²) in [5.41, 5.74) is 3.63. The van der Waals surface area contributed by atoms with E-state index in [2.05, 4.69) is 20.3 Å². The van der Waals surface area contributed by atoms with Gasteiger partial charge in [0.2, 0.25) is 0 Å². The first kappa shape index (κ1) is 15.7. The van der Waals surface area contributed by atoms with Crippen molar-refractivity contribution >= 4 is 22.6 Å². The summed E-state index contributed by atoms with van der Waals surface area (Å²) in [5.74, 6) is -0.0365. The van der Waals surface area contributed by atoms with E-state index in [0.29, 0.717) is 5.56 Å². The van der Waals surface area contributed by atoms with E-state index in [1.807, 2.05) is 49.3 Å². The Balaban J connectivity index is 1.45. The fraction of sp³-hybridized carbons (Fsp3) is 0.389. The van der Waals surface area contributed by atoms with E-state index in [9.17, 15) is 4.79 Å². The topological polar surface area (TPSA) is 68.0 Å². The van der Waals surface area contributed by atoms with E-state index >= 15 is 0 Å². The van der Waals surface area contributed by atoms with Crippen molar-refractivity contribution in [3.05, 3.63) is 42.5 Å². The predicted molar refractivity (Wildman–Crippen MR) is 96.6 cm³/mol. The number of hydrogen-bond acceptors (Lipinski definition) is 4. The highest BCUT2D eigenvalue weighted by Crippen LogP contribution is 2.20. The number of rotatable bonds is 3. The number of nitrogens with zero attached hydrogens (tertiary/aromatic N) is 5. The summed E-state index contributed by atoms with van der Waals surface area (Å²) in [6.07, 6.45) is 7.70. The molecule has 7 heteroatoms. The number of benzene rings is 1. The molecule has 3 heterocycles. The van der Waals surface area contributed by atoms with Crippen LogP contribution in [0.2, 0.25) is 0 Å². The van der Waals surface area contributed by atoms with Crippen LogP contribution in [0, 0.1) is 0 Å². The highest BCUT2D eigenvalue weighted by Gasteiger charge is 2.23. The molecule has 1 amide bonds. The molecule has 1 atom stereocenters. The van der Waals surface area contributed by atoms with E-state index in [1.165, 1.54) is 0 Å². The van der Waals surface area contributed by atoms with E-state index in [-0.39, 0.29) is 11.9 Å². The van der Waals surface area contributed by atoms with Crippen LogP contribution < -0.4 is 10.2 Å². The molecule has 0 aliphatic carbocycles. The quantitative estimate of drug-likeness (QED) is 0.789. The zero-order valence-corrected chi connectivity index (χ0v) is 14.5. The number of fused-ring (bicyclic) bond motifs is 1. The van der Waals surface area contributed by atoms with Gasteiger partial charge in [-0.3, -0.25) is 9.48 Å². The lowest BCUT2D eigenvalue weighted by Crippen LogP contribution is -2.47. The maximum atomic E-state index is 12.6. The van der Waals surface area contributed by atoms with Gasteiger partial charge in [-0.25, -0.2) is 4.98 Å². The Hall–Kier alpha value is -2.83. The number of piperidine rings is 1. The number of aromatic nitrogens is 4. The van der Waals surface area contributed by atoms with Gasteiger partial charge in [0.25, 0.3) is 5.91 Å². The lowest BCUT2D eigenvalue weighted by Gasteiger charge is -2.33. The van der Waals surface area contributed by atoms with Crippen LogP contribution in [0.15, 0.2) is 36.9 Å². The average Bonchev–Trinajstić information content (AvgIpc) is 3.21. The van der Waals surface area contributed by atoms with Gasteiger partial charge in [-0.1, -0.05) is 0 Å². The third-order valence-electron chi connectivity index (χ3n) is 4.80. The van der Waals surface area contributed by atoms with Crippen LogP contribution in [-0.4, -0.2) is 44.4 Å². The first-order valence-corrected chi connectivity index (χ1v) is 8.56. The lowest BCUT2D eigenvalue weighted by molar-refractivity contribution is 0.0933. The molecule has 0 unspecified atom stereocenters. The van der Waals surface area contributed by atoms with Crippen molar-refractivity contribution in [2.75, 3.05) is 18.0 Å². The number of aryl methyl sites for hydroxylation is 2. The van der Waals surface area contributed by atoms with Crippen LogP contribution in [0.3, 0.4) is 0 Å². The van der Waals surface area contributed by atoms with E-state index in [4.69, 9.17) is 0 Å². The van der Waals surface area contributed by atoms with E-state index in [1.54, 1.807) is 11.0 Å². The first-order chi connectivity index (χ1) is 12.1. The smallest absolute Gasteiger partial charge is 0.251 e. The summed E-state index contributed by atoms with van der Waals surface area (Å²) in [6.45, 7) is 1.81. The zero-order chi connectivity index (χ0) is 17.4. The summed E-state index contributed by atoms with van der Waals surface area (Å²) < 4.78 is 3.75. The van der Waals surface area contributed by atoms with Gasteiger partial charge in [0.1, 0.15) is 0 Å². The Bertz CT molecular complexity index is 911. The highest BCUT2D eigenvalue weighted by molar-refractivity contribution is 5.97. The van der Waals surface area contributed by atoms with Crippen molar-refractivity contribution in [2.24, 2.45) is 14.1 Å². The van der Waals surface area contributed by atoms with Crippen LogP contribution in [-0.2, 0) is 14.1 Å². The molecule has 0 bridgehead atoms. The monoisotopic (exact) mass is 338 g/mol. The second-order valence-corrected chi connectivity index (χ2v) is 6.69. The number of carbonyl (C=O) groups is 1. The molecule has 1 aliphatic heterocycles. The molecular weight excluding hydrogens is 316 g/mol. The van der Waals surface area contributed by atoms with E-state index in [0.717, 1.165) is 42.7 Å². The molecule has 7 nitrogen and oxygen atoms in total. The van der Waals surface area contributed by atoms with Crippen LogP contribution >= 0.6 is 0 Å². The largest absolute Gasteiger partial charge is 0.367 e. The molecule has 1 N–H and O–H groups in total. The van der Waals surface area contributed by atoms with Crippen LogP contribution in [0.5, 0.6) is 0 Å². The van der Waals surface area contributed by atoms with Crippen molar-refractivity contribution in [1.29, 1.82) is 0 Å². The molecule has 130 valence electrons. The van der Waals surface area contributed by atoms with Crippen molar-refractivity contribution in [3.8, 4) is 0 Å². The minimum Gasteiger partial charge on any atom is -0.367 e. The second-order valence-electron chi connectivity index (χ2n) is 6.69. The van der Waals surface area contributed by atoms with Gasteiger partial charge in [0.05, 0.1) is 29.2 Å². The Morgan fingerprint density at radius 2 is 2.20 bits per heavy atom. The number of amides is 1. The molecule has 1 aromatic carbocycles. The molecule has 4 rings (SSSR count). The molecule has 1 aliphatic rings. The summed E-state index contributed by atoms with van der Waals surface area (Å²) in [7, 11) is 3.87. The second kappa shape index (κ2) is 6.23. The first-order valence-electron chi connectivity index (χ1n) is 8.56. The Morgan fingerprint density at radius 3 is 3.00 bits per heavy atom. The van der Waals surface area contributed by atoms with Gasteiger partial charge in [-0.05, 0) is 31.0 Å². The van der Waals surface area contributed by atoms with Gasteiger partial charge >= 0.3 is 0 Å². The summed E-state index contributed by atoms with van der Waals surface area (Å²) >= 11 is 0. The average molecular weight is 338 g/mol. The van der Waals surface area contributed by atoms with E-state index < -0.39 is 0 Å². The lowest BCUT2D eigenvalue weighted by atomic mass is 10.0. The fourth-order valence-corrected chi connectivity index (χ4v) is 3.45. The number of nitrogens with one attached hydrogen (secondary N) is 1. The summed E-state index contributed by atoms with van der Waals surface area (Å²) in [4.78, 5) is 19.2. The Labute approximate surface area is 146 Å². The van der Waals surface area contributed by atoms with Crippen molar-refractivity contribution in [3.63, 3.8) is 0 Å². The summed E-state index contributed by atoms with van der Waals surface area (Å²) in [6, 6.07) is 5.80. The number of hydrogen-bond donors (Lipinski definition) is 1. The molecule has 2 aromatic heterocycles. The van der Waals surface area contributed by atoms with Crippen LogP contribution in [0.1, 0.15) is 23.2 Å². The predicted octanol–water partition coefficient (Wildman–Crippen LogP) is 1.71. The number of anilines is 1. The third kappa shape index (κ3) is 3.09. The van der Waals surface area contributed by atoms with Crippen LogP contribution in [0.4, 0.5) is 5.69 Å². The standard InChI is InChI=1S/C18H22N6O/c1-22-12-19-16-8-13(5-6-17(16)22)18(25)21-14-4-3-7-24(10-14)15-9-20-23(2)11-15/h5-6,8-9,11-12,14H,3-4,7,10H2,1-2H3,(H,21,25)/t14-/m0/s1. The molecular formula is C18H22N6O. The van der Waals surface area contributed by atoms with Gasteiger partial charge in [0, 0.05) is 45.0 Å². The molecule has 3 aromatic rings. The molecule has 0 spiro atoms. The minimum absolute atomic E-state index is 0.0365. The molecule has 0 radical (unpaired) electrons. The third-order valence-corrected chi connectivity index (χ3v) is 4.80. The van der Waals surface area contributed by atoms with Gasteiger partial charge < -0.3 is 14.8 Å². The van der Waals surface area contributed by atoms with Gasteiger partial charge in [-0.15, -0.1) is 0 Å². The molecule has 0 saturated carbocycles. The molecule has 1 fully saturated rings. The SMILES string of the molecule is Cn1cc(N2CCC[C@H](NC(=O)c3ccc4c(c3)ncn4C)C2)cn1. The fourth-order valence-electron chi connectivity index (χ4n) is 3.45. The Morgan fingerprint density at radius 1 is 1.32 bits per heavy atom. The number of carbonyl (C=O) groups excluding carboxylic acids is 1.